The number of para-hydroxylation sites is 1. The van der Waals surface area contributed by atoms with Gasteiger partial charge in [-0.1, -0.05) is 30.3 Å². The molecule has 0 saturated heterocycles. The molecular formula is C20H17N3O3S. The second-order valence-electron chi connectivity index (χ2n) is 6.02. The largest absolute Gasteiger partial charge is 0.453 e. The van der Waals surface area contributed by atoms with E-state index >= 15 is 0 Å². The van der Waals surface area contributed by atoms with Crippen LogP contribution in [0.1, 0.15) is 30.3 Å². The van der Waals surface area contributed by atoms with Gasteiger partial charge in [0.1, 0.15) is 0 Å². The highest BCUT2D eigenvalue weighted by Crippen LogP contribution is 2.24. The van der Waals surface area contributed by atoms with Gasteiger partial charge in [0.15, 0.2) is 6.10 Å². The minimum Gasteiger partial charge on any atom is -0.453 e. The van der Waals surface area contributed by atoms with E-state index in [1.54, 1.807) is 18.3 Å². The molecule has 0 amide bonds. The van der Waals surface area contributed by atoms with Gasteiger partial charge in [-0.05, 0) is 31.2 Å². The Balaban J connectivity index is 1.34. The maximum Gasteiger partial charge on any atom is 0.306 e. The number of carbonyl (C=O) groups is 1. The summed E-state index contributed by atoms with van der Waals surface area (Å²) in [6.07, 6.45) is 0.200. The molecule has 0 aliphatic rings. The van der Waals surface area contributed by atoms with Crippen molar-refractivity contribution in [3.05, 3.63) is 65.5 Å². The fourth-order valence-corrected chi connectivity index (χ4v) is 3.61. The number of nitrogens with zero attached hydrogens (tertiary/aromatic N) is 3. The van der Waals surface area contributed by atoms with Crippen molar-refractivity contribution in [3.8, 4) is 11.5 Å². The first-order valence-corrected chi connectivity index (χ1v) is 9.43. The van der Waals surface area contributed by atoms with Crippen molar-refractivity contribution in [1.82, 2.24) is 15.2 Å². The molecule has 1 atom stereocenters. The van der Waals surface area contributed by atoms with E-state index in [4.69, 9.17) is 9.15 Å². The Morgan fingerprint density at radius 1 is 1.11 bits per heavy atom. The number of fused-ring (bicyclic) bond motifs is 1. The number of aryl methyl sites for hydroxylation is 1. The molecule has 4 rings (SSSR count). The maximum absolute atomic E-state index is 12.2. The second kappa shape index (κ2) is 7.67. The van der Waals surface area contributed by atoms with Gasteiger partial charge in [-0.25, -0.2) is 4.98 Å². The van der Waals surface area contributed by atoms with Crippen LogP contribution < -0.4 is 0 Å². The highest BCUT2D eigenvalue weighted by atomic mass is 32.1. The Morgan fingerprint density at radius 2 is 1.89 bits per heavy atom. The molecule has 7 heteroatoms. The van der Waals surface area contributed by atoms with Gasteiger partial charge in [0.2, 0.25) is 5.89 Å². The van der Waals surface area contributed by atoms with E-state index in [9.17, 15) is 4.79 Å². The number of aromatic nitrogens is 3. The molecule has 0 unspecified atom stereocenters. The maximum atomic E-state index is 12.2. The Hall–Kier alpha value is -3.06. The third-order valence-electron chi connectivity index (χ3n) is 4.00. The van der Waals surface area contributed by atoms with Gasteiger partial charge in [-0.15, -0.1) is 21.5 Å². The molecular weight excluding hydrogens is 362 g/mol. The van der Waals surface area contributed by atoms with E-state index in [1.165, 1.54) is 0 Å². The summed E-state index contributed by atoms with van der Waals surface area (Å²) in [5.41, 5.74) is 1.78. The number of ether oxygens (including phenoxy) is 1. The SMILES string of the molecule is C[C@H](OC(=O)CCc1nc2ccccc2s1)c1nnc(-c2ccccc2)o1. The van der Waals surface area contributed by atoms with E-state index in [1.807, 2.05) is 54.6 Å². The quantitative estimate of drug-likeness (QED) is 0.456. The van der Waals surface area contributed by atoms with Crippen LogP contribution >= 0.6 is 11.3 Å². The lowest BCUT2D eigenvalue weighted by atomic mass is 10.2. The van der Waals surface area contributed by atoms with Gasteiger partial charge in [0.25, 0.3) is 5.89 Å². The van der Waals surface area contributed by atoms with Crippen molar-refractivity contribution in [2.75, 3.05) is 0 Å². The Kier molecular flexibility index (Phi) is 4.93. The Morgan fingerprint density at radius 3 is 2.70 bits per heavy atom. The average molecular weight is 379 g/mol. The van der Waals surface area contributed by atoms with Gasteiger partial charge in [0, 0.05) is 12.0 Å². The molecule has 0 radical (unpaired) electrons. The van der Waals surface area contributed by atoms with E-state index in [2.05, 4.69) is 15.2 Å². The lowest BCUT2D eigenvalue weighted by Crippen LogP contribution is -2.10. The topological polar surface area (TPSA) is 78.1 Å². The van der Waals surface area contributed by atoms with Crippen LogP contribution in [0.25, 0.3) is 21.7 Å². The van der Waals surface area contributed by atoms with Crippen molar-refractivity contribution < 1.29 is 13.9 Å². The van der Waals surface area contributed by atoms with Gasteiger partial charge < -0.3 is 9.15 Å². The summed E-state index contributed by atoms with van der Waals surface area (Å²) in [7, 11) is 0. The third kappa shape index (κ3) is 4.03. The summed E-state index contributed by atoms with van der Waals surface area (Å²) >= 11 is 1.60. The molecule has 0 N–H and O–H groups in total. The average Bonchev–Trinajstić information content (AvgIpc) is 3.34. The lowest BCUT2D eigenvalue weighted by Gasteiger charge is -2.08. The van der Waals surface area contributed by atoms with Crippen LogP contribution in [0.2, 0.25) is 0 Å². The number of rotatable bonds is 6. The summed E-state index contributed by atoms with van der Waals surface area (Å²) in [4.78, 5) is 16.7. The summed E-state index contributed by atoms with van der Waals surface area (Å²) < 4.78 is 12.2. The smallest absolute Gasteiger partial charge is 0.306 e. The first kappa shape index (κ1) is 17.4. The van der Waals surface area contributed by atoms with Crippen molar-refractivity contribution >= 4 is 27.5 Å². The lowest BCUT2D eigenvalue weighted by molar-refractivity contribution is -0.149. The van der Waals surface area contributed by atoms with Crippen LogP contribution in [0, 0.1) is 0 Å². The fraction of sp³-hybridized carbons (Fsp3) is 0.200. The molecule has 0 aliphatic heterocycles. The van der Waals surface area contributed by atoms with Crippen LogP contribution in [-0.4, -0.2) is 21.2 Å². The van der Waals surface area contributed by atoms with Crippen molar-refractivity contribution in [3.63, 3.8) is 0 Å². The standard InChI is InChI=1S/C20H17N3O3S/c1-13(19-22-23-20(26-19)14-7-3-2-4-8-14)25-18(24)12-11-17-21-15-9-5-6-10-16(15)27-17/h2-10,13H,11-12H2,1H3/t13-/m0/s1. The number of carbonyl (C=O) groups excluding carboxylic acids is 1. The molecule has 2 aromatic heterocycles. The highest BCUT2D eigenvalue weighted by molar-refractivity contribution is 7.18. The van der Waals surface area contributed by atoms with E-state index in [-0.39, 0.29) is 18.3 Å². The molecule has 0 saturated carbocycles. The first-order chi connectivity index (χ1) is 13.2. The predicted octanol–water partition coefficient (Wildman–Crippen LogP) is 4.58. The molecule has 0 fully saturated rings. The monoisotopic (exact) mass is 379 g/mol. The molecule has 2 heterocycles. The first-order valence-electron chi connectivity index (χ1n) is 8.62. The molecule has 0 spiro atoms. The van der Waals surface area contributed by atoms with Crippen LogP contribution in [-0.2, 0) is 16.0 Å². The van der Waals surface area contributed by atoms with E-state index < -0.39 is 6.10 Å². The molecule has 6 nitrogen and oxygen atoms in total. The van der Waals surface area contributed by atoms with Crippen molar-refractivity contribution in [1.29, 1.82) is 0 Å². The highest BCUT2D eigenvalue weighted by Gasteiger charge is 2.19. The zero-order chi connectivity index (χ0) is 18.6. The number of benzene rings is 2. The van der Waals surface area contributed by atoms with Crippen LogP contribution in [0.15, 0.2) is 59.0 Å². The third-order valence-corrected chi connectivity index (χ3v) is 5.09. The van der Waals surface area contributed by atoms with Gasteiger partial charge in [-0.3, -0.25) is 4.79 Å². The summed E-state index contributed by atoms with van der Waals surface area (Å²) in [5, 5.41) is 8.93. The van der Waals surface area contributed by atoms with Gasteiger partial charge in [0.05, 0.1) is 21.6 Å². The van der Waals surface area contributed by atoms with Crippen molar-refractivity contribution in [2.24, 2.45) is 0 Å². The molecule has 2 aromatic carbocycles. The van der Waals surface area contributed by atoms with Crippen LogP contribution in [0.3, 0.4) is 0 Å². The molecule has 0 aliphatic carbocycles. The molecule has 27 heavy (non-hydrogen) atoms. The number of hydrogen-bond donors (Lipinski definition) is 0. The van der Waals surface area contributed by atoms with E-state index in [0.29, 0.717) is 12.3 Å². The number of hydrogen-bond acceptors (Lipinski definition) is 7. The zero-order valence-electron chi connectivity index (χ0n) is 14.7. The Labute approximate surface area is 159 Å². The van der Waals surface area contributed by atoms with Crippen molar-refractivity contribution in [2.45, 2.75) is 25.9 Å². The van der Waals surface area contributed by atoms with Gasteiger partial charge >= 0.3 is 5.97 Å². The number of thiazole rings is 1. The zero-order valence-corrected chi connectivity index (χ0v) is 15.5. The number of esters is 1. The fourth-order valence-electron chi connectivity index (χ4n) is 2.64. The normalized spacial score (nSPS) is 12.2. The Bertz CT molecular complexity index is 1030. The summed E-state index contributed by atoms with van der Waals surface area (Å²) in [5.74, 6) is 0.367. The summed E-state index contributed by atoms with van der Waals surface area (Å²) in [6, 6.07) is 17.4. The molecule has 136 valence electrons. The molecule has 4 aromatic rings. The van der Waals surface area contributed by atoms with Crippen LogP contribution in [0.4, 0.5) is 0 Å². The van der Waals surface area contributed by atoms with Crippen LogP contribution in [0.5, 0.6) is 0 Å². The second-order valence-corrected chi connectivity index (χ2v) is 7.13. The molecule has 0 bridgehead atoms. The minimum absolute atomic E-state index is 0.254. The van der Waals surface area contributed by atoms with E-state index in [0.717, 1.165) is 20.8 Å². The predicted molar refractivity (Wildman–Crippen MR) is 102 cm³/mol. The van der Waals surface area contributed by atoms with Gasteiger partial charge in [-0.2, -0.15) is 0 Å². The summed E-state index contributed by atoms with van der Waals surface area (Å²) in [6.45, 7) is 1.72. The minimum atomic E-state index is -0.599.